The van der Waals surface area contributed by atoms with Gasteiger partial charge in [-0.3, -0.25) is 9.20 Å². The lowest BCUT2D eigenvalue weighted by molar-refractivity contribution is -0.131. The van der Waals surface area contributed by atoms with Crippen LogP contribution in [0.4, 0.5) is 19.0 Å². The van der Waals surface area contributed by atoms with Crippen molar-refractivity contribution in [3.05, 3.63) is 47.4 Å². The van der Waals surface area contributed by atoms with E-state index in [1.54, 1.807) is 22.9 Å². The predicted molar refractivity (Wildman–Crippen MR) is 111 cm³/mol. The van der Waals surface area contributed by atoms with Crippen LogP contribution >= 0.6 is 0 Å². The Morgan fingerprint density at radius 3 is 2.74 bits per heavy atom. The maximum atomic E-state index is 12.5. The molecule has 2 heterocycles. The van der Waals surface area contributed by atoms with E-state index in [0.717, 1.165) is 29.7 Å². The summed E-state index contributed by atoms with van der Waals surface area (Å²) in [5.74, 6) is 0.158. The number of rotatable bonds is 7. The smallest absolute Gasteiger partial charge is 0.367 e. The van der Waals surface area contributed by atoms with Crippen molar-refractivity contribution in [2.24, 2.45) is 5.73 Å². The van der Waals surface area contributed by atoms with E-state index in [-0.39, 0.29) is 30.9 Å². The molecule has 164 valence electrons. The lowest BCUT2D eigenvalue weighted by Gasteiger charge is -2.12. The molecule has 0 saturated heterocycles. The van der Waals surface area contributed by atoms with Gasteiger partial charge in [0.1, 0.15) is 0 Å². The van der Waals surface area contributed by atoms with Crippen LogP contribution in [0.2, 0.25) is 0 Å². The van der Waals surface area contributed by atoms with Gasteiger partial charge in [-0.05, 0) is 37.5 Å². The number of imidazole rings is 1. The number of hydrogen-bond acceptors (Lipinski definition) is 5. The number of nitrogens with zero attached hydrogens (tertiary/aromatic N) is 3. The van der Waals surface area contributed by atoms with Crippen molar-refractivity contribution in [1.29, 1.82) is 0 Å². The van der Waals surface area contributed by atoms with E-state index in [2.05, 4.69) is 20.6 Å². The van der Waals surface area contributed by atoms with Crippen molar-refractivity contribution in [2.45, 2.75) is 44.9 Å². The number of aromatic nitrogens is 3. The number of carbonyl (C=O) groups excluding carboxylic acids is 1. The molecule has 4 rings (SSSR count). The molecule has 7 nitrogen and oxygen atoms in total. The summed E-state index contributed by atoms with van der Waals surface area (Å²) in [5, 5.41) is 5.70. The molecule has 0 unspecified atom stereocenters. The van der Waals surface area contributed by atoms with Crippen molar-refractivity contribution in [2.75, 3.05) is 11.9 Å². The number of anilines is 1. The third kappa shape index (κ3) is 4.79. The summed E-state index contributed by atoms with van der Waals surface area (Å²) in [5.41, 5.74) is 9.64. The van der Waals surface area contributed by atoms with Crippen LogP contribution in [0.1, 0.15) is 40.9 Å². The van der Waals surface area contributed by atoms with Gasteiger partial charge in [0.25, 0.3) is 5.91 Å². The van der Waals surface area contributed by atoms with Gasteiger partial charge in [0.2, 0.25) is 0 Å². The van der Waals surface area contributed by atoms with Crippen LogP contribution in [0.15, 0.2) is 30.6 Å². The van der Waals surface area contributed by atoms with Gasteiger partial charge >= 0.3 is 6.18 Å². The zero-order chi connectivity index (χ0) is 22.2. The second kappa shape index (κ2) is 8.18. The highest BCUT2D eigenvalue weighted by molar-refractivity contribution is 5.96. The molecule has 1 aliphatic carbocycles. The maximum absolute atomic E-state index is 12.5. The molecule has 1 aromatic carbocycles. The monoisotopic (exact) mass is 432 g/mol. The Bertz CT molecular complexity index is 1120. The summed E-state index contributed by atoms with van der Waals surface area (Å²) in [6, 6.07) is 5.77. The SMILES string of the molecule is Cc1cc(-c2cnc3c(NCCC(F)(F)F)nc(CN)cn23)ccc1C(=O)NC1CC1. The molecule has 10 heteroatoms. The molecule has 0 radical (unpaired) electrons. The summed E-state index contributed by atoms with van der Waals surface area (Å²) in [6.45, 7) is 1.68. The van der Waals surface area contributed by atoms with Crippen LogP contribution in [0.5, 0.6) is 0 Å². The summed E-state index contributed by atoms with van der Waals surface area (Å²) < 4.78 is 39.3. The number of hydrogen-bond donors (Lipinski definition) is 3. The number of aryl methyl sites for hydroxylation is 1. The Hall–Kier alpha value is -3.14. The second-order valence-corrected chi connectivity index (χ2v) is 7.69. The molecule has 0 bridgehead atoms. The molecule has 1 amide bonds. The molecule has 0 atom stereocenters. The topological polar surface area (TPSA) is 97.3 Å². The normalized spacial score (nSPS) is 14.1. The van der Waals surface area contributed by atoms with Crippen LogP contribution in [-0.2, 0) is 6.54 Å². The predicted octanol–water partition coefficient (Wildman–Crippen LogP) is 3.42. The highest BCUT2D eigenvalue weighted by atomic mass is 19.4. The zero-order valence-corrected chi connectivity index (χ0v) is 17.0. The number of halogens is 3. The molecule has 2 aromatic heterocycles. The van der Waals surface area contributed by atoms with Gasteiger partial charge in [-0.2, -0.15) is 13.2 Å². The number of nitrogens with one attached hydrogen (secondary N) is 2. The van der Waals surface area contributed by atoms with Crippen LogP contribution in [0.25, 0.3) is 16.9 Å². The number of fused-ring (bicyclic) bond motifs is 1. The highest BCUT2D eigenvalue weighted by Crippen LogP contribution is 2.27. The molecular formula is C21H23F3N6O. The molecule has 0 aliphatic heterocycles. The highest BCUT2D eigenvalue weighted by Gasteiger charge is 2.27. The fourth-order valence-electron chi connectivity index (χ4n) is 3.36. The van der Waals surface area contributed by atoms with Crippen molar-refractivity contribution < 1.29 is 18.0 Å². The fourth-order valence-corrected chi connectivity index (χ4v) is 3.36. The number of benzene rings is 1. The molecule has 0 spiro atoms. The lowest BCUT2D eigenvalue weighted by atomic mass is 10.0. The molecule has 1 aliphatic rings. The lowest BCUT2D eigenvalue weighted by Crippen LogP contribution is -2.26. The van der Waals surface area contributed by atoms with E-state index in [1.165, 1.54) is 0 Å². The summed E-state index contributed by atoms with van der Waals surface area (Å²) >= 11 is 0. The average molecular weight is 432 g/mol. The zero-order valence-electron chi connectivity index (χ0n) is 17.0. The van der Waals surface area contributed by atoms with Crippen molar-refractivity contribution >= 4 is 17.4 Å². The largest absolute Gasteiger partial charge is 0.390 e. The van der Waals surface area contributed by atoms with Crippen LogP contribution in [0, 0.1) is 6.92 Å². The van der Waals surface area contributed by atoms with E-state index in [0.29, 0.717) is 16.9 Å². The molecule has 1 saturated carbocycles. The second-order valence-electron chi connectivity index (χ2n) is 7.69. The van der Waals surface area contributed by atoms with Crippen molar-refractivity contribution in [1.82, 2.24) is 19.7 Å². The van der Waals surface area contributed by atoms with E-state index in [9.17, 15) is 18.0 Å². The first-order chi connectivity index (χ1) is 14.7. The van der Waals surface area contributed by atoms with Gasteiger partial charge in [-0.1, -0.05) is 6.07 Å². The average Bonchev–Trinajstić information content (AvgIpc) is 3.41. The van der Waals surface area contributed by atoms with Crippen LogP contribution in [-0.4, -0.2) is 39.0 Å². The first-order valence-electron chi connectivity index (χ1n) is 10.0. The third-order valence-electron chi connectivity index (χ3n) is 5.13. The standard InChI is InChI=1S/C21H23F3N6O/c1-12-8-13(2-5-16(12)20(31)29-14-3-4-14)17-10-27-19-18(26-7-6-21(22,23)24)28-15(9-25)11-30(17)19/h2,5,8,10-11,14H,3-4,6-7,9,25H2,1H3,(H,26,28)(H,29,31). The Kier molecular flexibility index (Phi) is 5.57. The Balaban J connectivity index is 1.65. The maximum Gasteiger partial charge on any atom is 0.390 e. The number of nitrogens with two attached hydrogens (primary N) is 1. The Labute approximate surface area is 176 Å². The third-order valence-corrected chi connectivity index (χ3v) is 5.13. The fraction of sp³-hybridized carbons (Fsp3) is 0.381. The van der Waals surface area contributed by atoms with E-state index < -0.39 is 12.6 Å². The van der Waals surface area contributed by atoms with Gasteiger partial charge in [-0.25, -0.2) is 9.97 Å². The van der Waals surface area contributed by atoms with Crippen LogP contribution in [0.3, 0.4) is 0 Å². The van der Waals surface area contributed by atoms with Gasteiger partial charge < -0.3 is 16.4 Å². The minimum atomic E-state index is -4.26. The number of alkyl halides is 3. The quantitative estimate of drug-likeness (QED) is 0.532. The van der Waals surface area contributed by atoms with Crippen molar-refractivity contribution in [3.63, 3.8) is 0 Å². The van der Waals surface area contributed by atoms with Gasteiger partial charge in [0, 0.05) is 36.5 Å². The molecule has 1 fully saturated rings. The van der Waals surface area contributed by atoms with E-state index in [4.69, 9.17) is 5.73 Å². The molecule has 3 aromatic rings. The number of amides is 1. The first-order valence-corrected chi connectivity index (χ1v) is 10.0. The minimum absolute atomic E-state index is 0.0875. The number of carbonyl (C=O) groups is 1. The Morgan fingerprint density at radius 1 is 1.32 bits per heavy atom. The van der Waals surface area contributed by atoms with Gasteiger partial charge in [-0.15, -0.1) is 0 Å². The van der Waals surface area contributed by atoms with Gasteiger partial charge in [0.05, 0.1) is 24.0 Å². The van der Waals surface area contributed by atoms with E-state index >= 15 is 0 Å². The first kappa shape index (κ1) is 21.1. The summed E-state index contributed by atoms with van der Waals surface area (Å²) in [6.07, 6.45) is 0.134. The summed E-state index contributed by atoms with van der Waals surface area (Å²) in [4.78, 5) is 21.0. The van der Waals surface area contributed by atoms with Gasteiger partial charge in [0.15, 0.2) is 11.5 Å². The molecule has 31 heavy (non-hydrogen) atoms. The van der Waals surface area contributed by atoms with Crippen LogP contribution < -0.4 is 16.4 Å². The van der Waals surface area contributed by atoms with E-state index in [1.807, 2.05) is 19.1 Å². The minimum Gasteiger partial charge on any atom is -0.367 e. The Morgan fingerprint density at radius 2 is 2.10 bits per heavy atom. The van der Waals surface area contributed by atoms with Crippen molar-refractivity contribution in [3.8, 4) is 11.3 Å². The molecule has 4 N–H and O–H groups in total. The molecular weight excluding hydrogens is 409 g/mol. The summed E-state index contributed by atoms with van der Waals surface area (Å²) in [7, 11) is 0.